The predicted octanol–water partition coefficient (Wildman–Crippen LogP) is 2.85. The van der Waals surface area contributed by atoms with Gasteiger partial charge in [-0.1, -0.05) is 0 Å². The van der Waals surface area contributed by atoms with Crippen LogP contribution in [-0.2, 0) is 0 Å². The molecule has 1 atom stereocenters. The summed E-state index contributed by atoms with van der Waals surface area (Å²) in [5.41, 5.74) is 0. The minimum atomic E-state index is 0.291. The van der Waals surface area contributed by atoms with Crippen molar-refractivity contribution in [2.75, 3.05) is 6.61 Å². The molecule has 84 valence electrons. The van der Waals surface area contributed by atoms with Gasteiger partial charge in [-0.05, 0) is 0 Å². The summed E-state index contributed by atoms with van der Waals surface area (Å²) in [7, 11) is 0. The average molecular weight is 273 g/mol. The van der Waals surface area contributed by atoms with Gasteiger partial charge >= 0.3 is 97.1 Å². The molecule has 0 spiro atoms. The average Bonchev–Trinajstić information content (AvgIpc) is 2.71. The van der Waals surface area contributed by atoms with Gasteiger partial charge in [0.15, 0.2) is 0 Å². The molecule has 0 aliphatic carbocycles. The Bertz CT molecular complexity index is 296. The Kier molecular flexibility index (Phi) is 4.16. The number of hydrogen-bond donors (Lipinski definition) is 0. The summed E-state index contributed by atoms with van der Waals surface area (Å²) in [5.74, 6) is 1.99. The van der Waals surface area contributed by atoms with E-state index in [9.17, 15) is 0 Å². The molecule has 2 rings (SSSR count). The first-order valence-electron chi connectivity index (χ1n) is 5.75. The standard InChI is InChI=1S/C12H18O2Se/c1-2-3-4-5-6-10-7-13-11-8-15-9-12(11)14-10/h8-10H,2-7H2,1H3. The van der Waals surface area contributed by atoms with Crippen molar-refractivity contribution in [1.29, 1.82) is 0 Å². The maximum atomic E-state index is 5.87. The van der Waals surface area contributed by atoms with Gasteiger partial charge in [0.25, 0.3) is 0 Å². The molecule has 0 radical (unpaired) electrons. The van der Waals surface area contributed by atoms with E-state index in [1.165, 1.54) is 25.7 Å². The van der Waals surface area contributed by atoms with Crippen LogP contribution in [0.5, 0.6) is 11.5 Å². The van der Waals surface area contributed by atoms with Crippen LogP contribution < -0.4 is 9.47 Å². The Morgan fingerprint density at radius 1 is 1.27 bits per heavy atom. The van der Waals surface area contributed by atoms with Crippen molar-refractivity contribution < 1.29 is 9.47 Å². The number of fused-ring (bicyclic) bond motifs is 1. The van der Waals surface area contributed by atoms with E-state index in [1.807, 2.05) is 0 Å². The Labute approximate surface area is 97.3 Å². The van der Waals surface area contributed by atoms with Gasteiger partial charge < -0.3 is 0 Å². The summed E-state index contributed by atoms with van der Waals surface area (Å²) in [6, 6.07) is 0. The molecule has 1 aromatic heterocycles. The molecule has 0 fully saturated rings. The van der Waals surface area contributed by atoms with Crippen molar-refractivity contribution in [2.45, 2.75) is 45.1 Å². The van der Waals surface area contributed by atoms with Crippen LogP contribution in [0.25, 0.3) is 0 Å². The van der Waals surface area contributed by atoms with Gasteiger partial charge in [0.05, 0.1) is 0 Å². The van der Waals surface area contributed by atoms with Crippen LogP contribution in [-0.4, -0.2) is 27.2 Å². The fourth-order valence-corrected chi connectivity index (χ4v) is 3.21. The van der Waals surface area contributed by atoms with E-state index >= 15 is 0 Å². The zero-order valence-corrected chi connectivity index (χ0v) is 10.9. The molecule has 1 aliphatic rings. The summed E-state index contributed by atoms with van der Waals surface area (Å²) in [5, 5.41) is 0. The van der Waals surface area contributed by atoms with E-state index in [1.54, 1.807) is 0 Å². The summed E-state index contributed by atoms with van der Waals surface area (Å²) < 4.78 is 11.5. The first-order valence-corrected chi connectivity index (χ1v) is 7.73. The van der Waals surface area contributed by atoms with Crippen LogP contribution in [0.3, 0.4) is 0 Å². The van der Waals surface area contributed by atoms with Crippen molar-refractivity contribution in [3.8, 4) is 11.5 Å². The Hall–Kier alpha value is -0.401. The summed E-state index contributed by atoms with van der Waals surface area (Å²) >= 11 is 0.460. The summed E-state index contributed by atoms with van der Waals surface area (Å²) in [6.45, 7) is 2.98. The third-order valence-corrected chi connectivity index (χ3v) is 4.16. The van der Waals surface area contributed by atoms with Crippen molar-refractivity contribution in [3.63, 3.8) is 0 Å². The fraction of sp³-hybridized carbons (Fsp3) is 0.667. The first kappa shape index (κ1) is 11.1. The molecule has 3 heteroatoms. The molecule has 1 aromatic rings. The summed E-state index contributed by atoms with van der Waals surface area (Å²) in [4.78, 5) is 4.32. The molecule has 0 N–H and O–H groups in total. The van der Waals surface area contributed by atoms with Crippen LogP contribution in [0.15, 0.2) is 9.88 Å². The Morgan fingerprint density at radius 3 is 3.00 bits per heavy atom. The fourth-order valence-electron chi connectivity index (χ4n) is 1.80. The van der Waals surface area contributed by atoms with Gasteiger partial charge in [-0.2, -0.15) is 0 Å². The molecule has 2 nitrogen and oxygen atoms in total. The maximum absolute atomic E-state index is 5.87. The van der Waals surface area contributed by atoms with Crippen molar-refractivity contribution >= 4 is 14.5 Å². The zero-order chi connectivity index (χ0) is 10.5. The predicted molar refractivity (Wildman–Crippen MR) is 62.1 cm³/mol. The first-order chi connectivity index (χ1) is 7.40. The van der Waals surface area contributed by atoms with Crippen molar-refractivity contribution in [2.24, 2.45) is 0 Å². The molecule has 1 unspecified atom stereocenters. The van der Waals surface area contributed by atoms with Gasteiger partial charge in [-0.3, -0.25) is 0 Å². The molecule has 15 heavy (non-hydrogen) atoms. The third-order valence-electron chi connectivity index (χ3n) is 2.69. The van der Waals surface area contributed by atoms with Crippen molar-refractivity contribution in [1.82, 2.24) is 0 Å². The van der Waals surface area contributed by atoms with Crippen LogP contribution in [0.4, 0.5) is 0 Å². The normalized spacial score (nSPS) is 19.1. The zero-order valence-electron chi connectivity index (χ0n) is 9.20. The Balaban J connectivity index is 1.73. The molecule has 0 amide bonds. The van der Waals surface area contributed by atoms with E-state index in [0.717, 1.165) is 24.5 Å². The quantitative estimate of drug-likeness (QED) is 0.606. The van der Waals surface area contributed by atoms with E-state index in [4.69, 9.17) is 9.47 Å². The second-order valence-electron chi connectivity index (χ2n) is 4.00. The number of ether oxygens (including phenoxy) is 2. The van der Waals surface area contributed by atoms with Crippen LogP contribution >= 0.6 is 0 Å². The van der Waals surface area contributed by atoms with Crippen LogP contribution in [0.2, 0.25) is 0 Å². The van der Waals surface area contributed by atoms with Gasteiger partial charge in [-0.25, -0.2) is 0 Å². The van der Waals surface area contributed by atoms with E-state index in [2.05, 4.69) is 16.8 Å². The molecule has 0 bridgehead atoms. The number of unbranched alkanes of at least 4 members (excludes halogenated alkanes) is 3. The van der Waals surface area contributed by atoms with Crippen LogP contribution in [0.1, 0.15) is 39.0 Å². The van der Waals surface area contributed by atoms with Crippen LogP contribution in [0, 0.1) is 0 Å². The van der Waals surface area contributed by atoms with E-state index in [-0.39, 0.29) is 0 Å². The monoisotopic (exact) mass is 274 g/mol. The summed E-state index contributed by atoms with van der Waals surface area (Å²) in [6.07, 6.45) is 6.64. The van der Waals surface area contributed by atoms with Crippen molar-refractivity contribution in [3.05, 3.63) is 9.88 Å². The molecular weight excluding hydrogens is 255 g/mol. The molecule has 0 saturated heterocycles. The van der Waals surface area contributed by atoms with E-state index in [0.29, 0.717) is 20.6 Å². The second kappa shape index (κ2) is 5.62. The topological polar surface area (TPSA) is 18.5 Å². The molecule has 0 aromatic carbocycles. The molecular formula is C12H18O2Se. The van der Waals surface area contributed by atoms with Gasteiger partial charge in [0.1, 0.15) is 0 Å². The molecule has 2 heterocycles. The minimum absolute atomic E-state index is 0.291. The number of rotatable bonds is 5. The Morgan fingerprint density at radius 2 is 2.13 bits per heavy atom. The number of hydrogen-bond acceptors (Lipinski definition) is 2. The molecule has 1 aliphatic heterocycles. The third kappa shape index (κ3) is 3.02. The van der Waals surface area contributed by atoms with Gasteiger partial charge in [0, 0.05) is 0 Å². The van der Waals surface area contributed by atoms with E-state index < -0.39 is 0 Å². The molecule has 0 saturated carbocycles. The SMILES string of the molecule is CCCCCCC1COc2c[se]cc2O1. The van der Waals surface area contributed by atoms with Gasteiger partial charge in [-0.15, -0.1) is 0 Å². The van der Waals surface area contributed by atoms with Gasteiger partial charge in [0.2, 0.25) is 0 Å². The second-order valence-corrected chi connectivity index (χ2v) is 5.56.